The van der Waals surface area contributed by atoms with Crippen LogP contribution in [-0.2, 0) is 6.54 Å². The van der Waals surface area contributed by atoms with E-state index in [9.17, 15) is 19.5 Å². The van der Waals surface area contributed by atoms with E-state index < -0.39 is 17.6 Å². The Bertz CT molecular complexity index is 1140. The number of nitrogens with zero attached hydrogens (tertiary/aromatic N) is 1. The number of fused-ring (bicyclic) bond motifs is 1. The molecule has 1 saturated carbocycles. The molecular weight excluding hydrogens is 372 g/mol. The van der Waals surface area contributed by atoms with E-state index in [1.165, 1.54) is 23.9 Å². The maximum Gasteiger partial charge on any atom is 0.263 e. The highest BCUT2D eigenvalue weighted by atomic mass is 16.3. The lowest BCUT2D eigenvalue weighted by molar-refractivity contribution is 0.0562. The third kappa shape index (κ3) is 3.66. The SMILES string of the molecule is CNC(=O)c1cc(C(=O)N[C@H]2C[C@@H](O)C2)cn(Cc2cccc3[nH]ccc23)c1=O. The van der Waals surface area contributed by atoms with Gasteiger partial charge in [0.25, 0.3) is 17.4 Å². The molecule has 1 aromatic carbocycles. The van der Waals surface area contributed by atoms with Crippen molar-refractivity contribution in [1.82, 2.24) is 20.2 Å². The molecule has 0 spiro atoms. The second-order valence-corrected chi connectivity index (χ2v) is 7.31. The lowest BCUT2D eigenvalue weighted by Gasteiger charge is -2.32. The predicted octanol–water partition coefficient (Wildman–Crippen LogP) is 0.991. The van der Waals surface area contributed by atoms with Gasteiger partial charge in [-0.05, 0) is 36.6 Å². The van der Waals surface area contributed by atoms with Gasteiger partial charge in [0.05, 0.1) is 18.2 Å². The number of pyridine rings is 1. The zero-order chi connectivity index (χ0) is 20.5. The topological polar surface area (TPSA) is 116 Å². The average molecular weight is 394 g/mol. The third-order valence-electron chi connectivity index (χ3n) is 5.29. The first-order valence-corrected chi connectivity index (χ1v) is 9.46. The Morgan fingerprint density at radius 2 is 2.03 bits per heavy atom. The fraction of sp³-hybridized carbons (Fsp3) is 0.286. The Morgan fingerprint density at radius 1 is 1.24 bits per heavy atom. The average Bonchev–Trinajstić information content (AvgIpc) is 3.17. The molecule has 0 unspecified atom stereocenters. The summed E-state index contributed by atoms with van der Waals surface area (Å²) in [6.45, 7) is 0.223. The molecule has 4 rings (SSSR count). The van der Waals surface area contributed by atoms with Crippen molar-refractivity contribution < 1.29 is 14.7 Å². The van der Waals surface area contributed by atoms with Gasteiger partial charge in [0, 0.05) is 36.4 Å². The number of H-pyrrole nitrogens is 1. The van der Waals surface area contributed by atoms with Crippen LogP contribution < -0.4 is 16.2 Å². The second-order valence-electron chi connectivity index (χ2n) is 7.31. The van der Waals surface area contributed by atoms with Crippen molar-refractivity contribution in [3.8, 4) is 0 Å². The number of aliphatic hydroxyl groups is 1. The molecule has 1 fully saturated rings. The number of carbonyl (C=O) groups excluding carboxylic acids is 2. The van der Waals surface area contributed by atoms with Gasteiger partial charge in [-0.25, -0.2) is 0 Å². The fourth-order valence-corrected chi connectivity index (χ4v) is 3.62. The van der Waals surface area contributed by atoms with Crippen molar-refractivity contribution in [3.63, 3.8) is 0 Å². The normalized spacial score (nSPS) is 18.3. The van der Waals surface area contributed by atoms with E-state index in [1.54, 1.807) is 0 Å². The maximum absolute atomic E-state index is 12.9. The highest BCUT2D eigenvalue weighted by Crippen LogP contribution is 2.20. The minimum absolute atomic E-state index is 0.0879. The number of nitrogens with one attached hydrogen (secondary N) is 3. The van der Waals surface area contributed by atoms with Crippen molar-refractivity contribution in [3.05, 3.63) is 69.8 Å². The molecule has 4 N–H and O–H groups in total. The van der Waals surface area contributed by atoms with Gasteiger partial charge in [-0.3, -0.25) is 14.4 Å². The summed E-state index contributed by atoms with van der Waals surface area (Å²) in [6.07, 6.45) is 3.92. The first kappa shape index (κ1) is 18.9. The van der Waals surface area contributed by atoms with Crippen molar-refractivity contribution >= 4 is 22.7 Å². The molecule has 0 saturated heterocycles. The number of hydrogen-bond acceptors (Lipinski definition) is 4. The number of rotatable bonds is 5. The Kier molecular flexibility index (Phi) is 4.94. The fourth-order valence-electron chi connectivity index (χ4n) is 3.62. The summed E-state index contributed by atoms with van der Waals surface area (Å²) in [5, 5.41) is 15.7. The molecule has 0 bridgehead atoms. The van der Waals surface area contributed by atoms with Crippen LogP contribution in [0.2, 0.25) is 0 Å². The van der Waals surface area contributed by atoms with Gasteiger partial charge in [0.15, 0.2) is 0 Å². The third-order valence-corrected chi connectivity index (χ3v) is 5.29. The summed E-state index contributed by atoms with van der Waals surface area (Å²) < 4.78 is 1.39. The summed E-state index contributed by atoms with van der Waals surface area (Å²) >= 11 is 0. The molecule has 3 aromatic rings. The molecule has 8 nitrogen and oxygen atoms in total. The predicted molar refractivity (Wildman–Crippen MR) is 108 cm³/mol. The van der Waals surface area contributed by atoms with Crippen molar-refractivity contribution in [1.29, 1.82) is 0 Å². The quantitative estimate of drug-likeness (QED) is 0.516. The molecular formula is C21H22N4O4. The van der Waals surface area contributed by atoms with Crippen molar-refractivity contribution in [2.75, 3.05) is 7.05 Å². The Hall–Kier alpha value is -3.39. The monoisotopic (exact) mass is 394 g/mol. The van der Waals surface area contributed by atoms with Crippen LogP contribution in [0.15, 0.2) is 47.5 Å². The minimum Gasteiger partial charge on any atom is -0.393 e. The van der Waals surface area contributed by atoms with Gasteiger partial charge in [-0.2, -0.15) is 0 Å². The van der Waals surface area contributed by atoms with E-state index in [4.69, 9.17) is 0 Å². The molecule has 2 aromatic heterocycles. The number of amides is 2. The molecule has 2 heterocycles. The molecule has 29 heavy (non-hydrogen) atoms. The van der Waals surface area contributed by atoms with E-state index in [1.807, 2.05) is 30.5 Å². The molecule has 0 aliphatic heterocycles. The van der Waals surface area contributed by atoms with Gasteiger partial charge < -0.3 is 25.3 Å². The molecule has 0 atom stereocenters. The summed E-state index contributed by atoms with van der Waals surface area (Å²) in [6, 6.07) is 8.87. The smallest absolute Gasteiger partial charge is 0.263 e. The van der Waals surface area contributed by atoms with Crippen LogP contribution in [0.3, 0.4) is 0 Å². The van der Waals surface area contributed by atoms with E-state index >= 15 is 0 Å². The summed E-state index contributed by atoms with van der Waals surface area (Å²) in [5.74, 6) is -0.919. The van der Waals surface area contributed by atoms with Gasteiger partial charge in [0.2, 0.25) is 0 Å². The number of aliphatic hydroxyl groups excluding tert-OH is 1. The first-order chi connectivity index (χ1) is 14.0. The highest BCUT2D eigenvalue weighted by Gasteiger charge is 2.29. The molecule has 1 aliphatic rings. The molecule has 2 amide bonds. The van der Waals surface area contributed by atoms with Gasteiger partial charge in [-0.15, -0.1) is 0 Å². The lowest BCUT2D eigenvalue weighted by atomic mass is 9.89. The van der Waals surface area contributed by atoms with E-state index in [-0.39, 0.29) is 29.6 Å². The van der Waals surface area contributed by atoms with Gasteiger partial charge >= 0.3 is 0 Å². The summed E-state index contributed by atoms with van der Waals surface area (Å²) in [5.41, 5.74) is 1.52. The van der Waals surface area contributed by atoms with Gasteiger partial charge in [-0.1, -0.05) is 12.1 Å². The highest BCUT2D eigenvalue weighted by molar-refractivity contribution is 5.99. The van der Waals surface area contributed by atoms with E-state index in [2.05, 4.69) is 15.6 Å². The van der Waals surface area contributed by atoms with Crippen LogP contribution in [-0.4, -0.2) is 45.7 Å². The van der Waals surface area contributed by atoms with Crippen LogP contribution in [0.4, 0.5) is 0 Å². The van der Waals surface area contributed by atoms with E-state index in [0.29, 0.717) is 12.8 Å². The summed E-state index contributed by atoms with van der Waals surface area (Å²) in [7, 11) is 1.44. The zero-order valence-electron chi connectivity index (χ0n) is 15.9. The molecule has 150 valence electrons. The maximum atomic E-state index is 12.9. The van der Waals surface area contributed by atoms with Crippen LogP contribution in [0, 0.1) is 0 Å². The number of aromatic amines is 1. The number of aromatic nitrogens is 2. The Labute approximate surface area is 166 Å². The minimum atomic E-state index is -0.544. The van der Waals surface area contributed by atoms with Crippen LogP contribution in [0.25, 0.3) is 10.9 Å². The largest absolute Gasteiger partial charge is 0.393 e. The van der Waals surface area contributed by atoms with Gasteiger partial charge in [0.1, 0.15) is 5.56 Å². The molecule has 1 aliphatic carbocycles. The second kappa shape index (κ2) is 7.56. The van der Waals surface area contributed by atoms with Crippen LogP contribution in [0.1, 0.15) is 39.1 Å². The number of carbonyl (C=O) groups is 2. The Morgan fingerprint density at radius 3 is 2.76 bits per heavy atom. The van der Waals surface area contributed by atoms with Crippen LogP contribution in [0.5, 0.6) is 0 Å². The van der Waals surface area contributed by atoms with Crippen molar-refractivity contribution in [2.24, 2.45) is 0 Å². The first-order valence-electron chi connectivity index (χ1n) is 9.46. The Balaban J connectivity index is 1.72. The van der Waals surface area contributed by atoms with Crippen LogP contribution >= 0.6 is 0 Å². The van der Waals surface area contributed by atoms with E-state index in [0.717, 1.165) is 16.5 Å². The number of benzene rings is 1. The van der Waals surface area contributed by atoms with Crippen molar-refractivity contribution in [2.45, 2.75) is 31.5 Å². The standard InChI is InChI=1S/C21H22N4O4/c1-22-20(28)17-7-13(19(27)24-14-8-15(26)9-14)11-25(21(17)29)10-12-3-2-4-18-16(12)5-6-23-18/h2-7,11,14-15,23,26H,8-10H2,1H3,(H,22,28)(H,24,27)/t14-,15+. The number of hydrogen-bond donors (Lipinski definition) is 4. The lowest BCUT2D eigenvalue weighted by Crippen LogP contribution is -2.47. The molecule has 0 radical (unpaired) electrons. The zero-order valence-corrected chi connectivity index (χ0v) is 15.9. The molecule has 8 heteroatoms. The summed E-state index contributed by atoms with van der Waals surface area (Å²) in [4.78, 5) is 40.9.